The zero-order valence-corrected chi connectivity index (χ0v) is 34.0. The molecule has 15 heteroatoms. The number of H-pyrrole nitrogens is 2. The minimum absolute atomic E-state index is 0.0918. The Hall–Kier alpha value is -6.12. The predicted octanol–water partition coefficient (Wildman–Crippen LogP) is 7.24. The molecule has 4 fully saturated rings. The van der Waals surface area contributed by atoms with Gasteiger partial charge in [-0.3, -0.25) is 14.5 Å². The summed E-state index contributed by atoms with van der Waals surface area (Å²) in [7, 11) is 2.76. The van der Waals surface area contributed by atoms with E-state index in [0.717, 1.165) is 64.1 Å². The molecule has 3 aromatic carbocycles. The molecule has 0 bridgehead atoms. The number of carbonyl (C=O) groups is 4. The number of benzene rings is 3. The maximum atomic E-state index is 14.0. The van der Waals surface area contributed by atoms with Crippen LogP contribution in [0.5, 0.6) is 11.5 Å². The summed E-state index contributed by atoms with van der Waals surface area (Å²) >= 11 is 0. The number of alkyl carbamates (subject to hydrolysis) is 1. The van der Waals surface area contributed by atoms with E-state index in [9.17, 15) is 24.3 Å². The Morgan fingerprint density at radius 3 is 2.05 bits per heavy atom. The summed E-state index contributed by atoms with van der Waals surface area (Å²) in [5.74, 6) is 2.84. The van der Waals surface area contributed by atoms with E-state index in [4.69, 9.17) is 19.4 Å². The summed E-state index contributed by atoms with van der Waals surface area (Å²) in [6.07, 6.45) is 1.73. The lowest BCUT2D eigenvalue weighted by atomic mass is 10.0. The van der Waals surface area contributed by atoms with Crippen LogP contribution in [0.3, 0.4) is 0 Å². The van der Waals surface area contributed by atoms with Crippen molar-refractivity contribution in [2.24, 2.45) is 23.7 Å². The van der Waals surface area contributed by atoms with Crippen LogP contribution in [-0.4, -0.2) is 102 Å². The second-order valence-electron chi connectivity index (χ2n) is 17.3. The second-order valence-corrected chi connectivity index (χ2v) is 17.3. The maximum absolute atomic E-state index is 14.0. The van der Waals surface area contributed by atoms with E-state index in [-0.39, 0.29) is 47.8 Å². The first kappa shape index (κ1) is 38.4. The number of amides is 4. The zero-order chi connectivity index (χ0) is 41.4. The molecule has 2 aromatic heterocycles. The number of methoxy groups -OCH3 is 1. The van der Waals surface area contributed by atoms with Gasteiger partial charge in [-0.25, -0.2) is 19.6 Å². The van der Waals surface area contributed by atoms with Crippen LogP contribution in [0.4, 0.5) is 9.59 Å². The van der Waals surface area contributed by atoms with Crippen molar-refractivity contribution in [2.45, 2.75) is 89.6 Å². The molecule has 4 N–H and O–H groups in total. The molecule has 4 heterocycles. The van der Waals surface area contributed by atoms with Crippen molar-refractivity contribution in [2.75, 3.05) is 14.2 Å². The molecule has 8 atom stereocenters. The summed E-state index contributed by atoms with van der Waals surface area (Å²) < 4.78 is 11.2. The number of imidazole rings is 2. The van der Waals surface area contributed by atoms with Crippen molar-refractivity contribution >= 4 is 46.1 Å². The smallest absolute Gasteiger partial charge is 0.407 e. The van der Waals surface area contributed by atoms with E-state index in [0.29, 0.717) is 34.7 Å². The monoisotopic (exact) mass is 802 g/mol. The first-order valence-electron chi connectivity index (χ1n) is 20.5. The fourth-order valence-electron chi connectivity index (χ4n) is 9.54. The Bertz CT molecular complexity index is 2460. The highest BCUT2D eigenvalue weighted by atomic mass is 16.5. The van der Waals surface area contributed by atoms with Gasteiger partial charge in [0.2, 0.25) is 11.8 Å². The van der Waals surface area contributed by atoms with Crippen LogP contribution < -0.4 is 10.1 Å². The molecule has 15 nitrogen and oxygen atoms in total. The largest absolute Gasteiger partial charge is 0.465 e. The molecule has 4 aliphatic rings. The Labute approximate surface area is 341 Å². The van der Waals surface area contributed by atoms with Crippen LogP contribution >= 0.6 is 0 Å². The molecule has 2 aliphatic carbocycles. The number of carbonyl (C=O) groups excluding carboxylic acids is 3. The van der Waals surface area contributed by atoms with Gasteiger partial charge in [-0.05, 0) is 96.9 Å². The molecule has 2 aliphatic heterocycles. The first-order valence-corrected chi connectivity index (χ1v) is 20.5. The number of para-hydroxylation sites is 1. The van der Waals surface area contributed by atoms with Gasteiger partial charge in [0.15, 0.2) is 5.75 Å². The predicted molar refractivity (Wildman–Crippen MR) is 218 cm³/mol. The van der Waals surface area contributed by atoms with E-state index in [1.807, 2.05) is 92.1 Å². The van der Waals surface area contributed by atoms with Crippen molar-refractivity contribution in [3.8, 4) is 22.6 Å². The van der Waals surface area contributed by atoms with Crippen LogP contribution in [0.2, 0.25) is 0 Å². The lowest BCUT2D eigenvalue weighted by Crippen LogP contribution is -2.52. The molecule has 0 unspecified atom stereocenters. The highest BCUT2D eigenvalue weighted by Gasteiger charge is 2.57. The summed E-state index contributed by atoms with van der Waals surface area (Å²) in [6.45, 7) is 7.58. The van der Waals surface area contributed by atoms with Crippen molar-refractivity contribution in [3.63, 3.8) is 0 Å². The molecular formula is C44H50N8O7. The molecule has 9 rings (SSSR count). The second kappa shape index (κ2) is 14.6. The fourth-order valence-corrected chi connectivity index (χ4v) is 9.54. The van der Waals surface area contributed by atoms with E-state index >= 15 is 0 Å². The Morgan fingerprint density at radius 1 is 0.797 bits per heavy atom. The normalized spacial score (nSPS) is 23.9. The van der Waals surface area contributed by atoms with Crippen LogP contribution in [0, 0.1) is 23.7 Å². The number of hydrogen-bond donors (Lipinski definition) is 4. The van der Waals surface area contributed by atoms with Gasteiger partial charge in [0, 0.05) is 19.1 Å². The number of fused-ring (bicyclic) bond motifs is 4. The zero-order valence-electron chi connectivity index (χ0n) is 34.0. The summed E-state index contributed by atoms with van der Waals surface area (Å²) in [5.41, 5.74) is 5.10. The number of carboxylic acid groups (broad SMARTS) is 1. The first-order chi connectivity index (χ1) is 28.3. The number of likely N-dealkylation sites (N-methyl/N-ethyl adjacent to an activating group) is 1. The van der Waals surface area contributed by atoms with Crippen molar-refractivity contribution < 1.29 is 33.8 Å². The van der Waals surface area contributed by atoms with Gasteiger partial charge in [0.1, 0.15) is 35.0 Å². The Kier molecular flexibility index (Phi) is 9.51. The highest BCUT2D eigenvalue weighted by Crippen LogP contribution is 2.55. The third-order valence-corrected chi connectivity index (χ3v) is 12.8. The molecule has 2 saturated heterocycles. The maximum Gasteiger partial charge on any atom is 0.407 e. The molecular weight excluding hydrogens is 753 g/mol. The van der Waals surface area contributed by atoms with Gasteiger partial charge in [-0.15, -0.1) is 0 Å². The number of nitrogens with one attached hydrogen (secondary N) is 3. The van der Waals surface area contributed by atoms with Gasteiger partial charge in [-0.2, -0.15) is 0 Å². The van der Waals surface area contributed by atoms with Crippen LogP contribution in [-0.2, 0) is 14.3 Å². The lowest BCUT2D eigenvalue weighted by molar-refractivity contribution is -0.140. The number of rotatable bonds is 11. The third kappa shape index (κ3) is 6.89. The van der Waals surface area contributed by atoms with Gasteiger partial charge in [0.25, 0.3) is 0 Å². The number of likely N-dealkylation sites (tertiary alicyclic amines) is 2. The molecule has 5 aromatic rings. The minimum atomic E-state index is -1.13. The quantitative estimate of drug-likeness (QED) is 0.107. The minimum Gasteiger partial charge on any atom is -0.465 e. The highest BCUT2D eigenvalue weighted by molar-refractivity contribution is 5.89. The molecule has 0 radical (unpaired) electrons. The number of nitrogens with zero attached hydrogens (tertiary/aromatic N) is 5. The van der Waals surface area contributed by atoms with E-state index in [1.165, 1.54) is 14.2 Å². The van der Waals surface area contributed by atoms with E-state index < -0.39 is 24.3 Å². The topological polar surface area (TPSA) is 186 Å². The number of aromatic amines is 2. The lowest BCUT2D eigenvalue weighted by Gasteiger charge is -2.35. The van der Waals surface area contributed by atoms with Crippen LogP contribution in [0.25, 0.3) is 33.2 Å². The SMILES string of the molecule is COC(=O)N[C@H](C(=O)N1[C@@H]2C[C@@H]2C[C@H]1c1nc2ccc(-c3ccc(Oc4cccc5[nH]c([C@H]6C[C@H]7C[C@H]7N6C(=O)[C@H](C(C)C)N(C)C(=O)O)nc45)cc3)cc2[nH]1)C(C)C. The van der Waals surface area contributed by atoms with Gasteiger partial charge < -0.3 is 39.7 Å². The van der Waals surface area contributed by atoms with Crippen LogP contribution in [0.15, 0.2) is 60.7 Å². The standard InChI is InChI=1S/C44H50N8O7/c1-21(2)36(49-43(55)58-6)41(53)51-31-17-25(31)19-33(51)39-45-28-15-12-24(16-30(28)47-39)23-10-13-27(14-11-23)59-35-9-7-8-29-37(35)48-40(46-29)34-20-26-18-32(26)52(34)42(54)38(22(3)4)50(5)44(56)57/h7-16,21-22,25-26,31-34,36,38H,17-20H2,1-6H3,(H,45,47)(H,46,48)(H,49,55)(H,56,57)/t25-,26-,31-,32-,33+,34-,36+,38+/m1/s1. The third-order valence-electron chi connectivity index (χ3n) is 12.8. The molecule has 0 spiro atoms. The molecule has 308 valence electrons. The fraction of sp³-hybridized carbons (Fsp3) is 0.455. The number of ether oxygens (including phenoxy) is 2. The van der Waals surface area contributed by atoms with Crippen LogP contribution in [0.1, 0.15) is 77.1 Å². The number of piperidine rings is 2. The van der Waals surface area contributed by atoms with Gasteiger partial charge in [-0.1, -0.05) is 52.0 Å². The average molecular weight is 803 g/mol. The van der Waals surface area contributed by atoms with Crippen molar-refractivity contribution in [3.05, 3.63) is 72.3 Å². The Balaban J connectivity index is 0.914. The van der Waals surface area contributed by atoms with Crippen molar-refractivity contribution in [1.29, 1.82) is 0 Å². The van der Waals surface area contributed by atoms with E-state index in [2.05, 4.69) is 21.4 Å². The number of hydrogen-bond acceptors (Lipinski definition) is 8. The molecule has 4 amide bonds. The van der Waals surface area contributed by atoms with Gasteiger partial charge in [0.05, 0.1) is 35.7 Å². The Morgan fingerprint density at radius 2 is 1.42 bits per heavy atom. The summed E-state index contributed by atoms with van der Waals surface area (Å²) in [4.78, 5) is 73.6. The van der Waals surface area contributed by atoms with E-state index in [1.54, 1.807) is 0 Å². The summed E-state index contributed by atoms with van der Waals surface area (Å²) in [5, 5.41) is 12.5. The van der Waals surface area contributed by atoms with Gasteiger partial charge >= 0.3 is 12.2 Å². The molecule has 59 heavy (non-hydrogen) atoms. The summed E-state index contributed by atoms with van der Waals surface area (Å²) in [6, 6.07) is 17.9. The van der Waals surface area contributed by atoms with Crippen molar-refractivity contribution in [1.82, 2.24) is 40.0 Å². The number of aromatic nitrogens is 4. The average Bonchev–Trinajstić information content (AvgIpc) is 3.86. The molecule has 2 saturated carbocycles.